The molecule has 0 saturated carbocycles. The molecule has 0 fully saturated rings. The predicted molar refractivity (Wildman–Crippen MR) is 84.4 cm³/mol. The summed E-state index contributed by atoms with van der Waals surface area (Å²) in [5.41, 5.74) is 1.39. The van der Waals surface area contributed by atoms with Crippen LogP contribution in [0.15, 0.2) is 33.3 Å². The van der Waals surface area contributed by atoms with Crippen LogP contribution >= 0.6 is 0 Å². The minimum absolute atomic E-state index is 0.416. The largest absolute Gasteiger partial charge is 0.464 e. The van der Waals surface area contributed by atoms with Crippen LogP contribution in [0.3, 0.4) is 0 Å². The summed E-state index contributed by atoms with van der Waals surface area (Å²) in [6, 6.07) is 5.53. The molecule has 0 unspecified atom stereocenters. The van der Waals surface area contributed by atoms with Crippen molar-refractivity contribution in [1.82, 2.24) is 25.2 Å². The van der Waals surface area contributed by atoms with Crippen LogP contribution < -0.4 is 0 Å². The summed E-state index contributed by atoms with van der Waals surface area (Å²) in [6.45, 7) is 8.87. The molecule has 0 aliphatic carbocycles. The van der Waals surface area contributed by atoms with Crippen molar-refractivity contribution in [3.05, 3.63) is 35.9 Å². The van der Waals surface area contributed by atoms with E-state index in [2.05, 4.69) is 39.1 Å². The van der Waals surface area contributed by atoms with Gasteiger partial charge in [-0.3, -0.25) is 4.90 Å². The van der Waals surface area contributed by atoms with Crippen molar-refractivity contribution >= 4 is 0 Å². The van der Waals surface area contributed by atoms with E-state index in [1.807, 2.05) is 13.0 Å². The van der Waals surface area contributed by atoms with Gasteiger partial charge in [0.05, 0.1) is 12.1 Å². The van der Waals surface area contributed by atoms with Crippen LogP contribution in [0, 0.1) is 6.92 Å². The second-order valence-corrected chi connectivity index (χ2v) is 5.18. The highest BCUT2D eigenvalue weighted by atomic mass is 16.5. The van der Waals surface area contributed by atoms with Gasteiger partial charge >= 0.3 is 0 Å². The fraction of sp³-hybridized carbons (Fsp3) is 0.375. The number of aryl methyl sites for hydroxylation is 1. The number of hydrogen-bond donors (Lipinski definition) is 0. The zero-order valence-corrected chi connectivity index (χ0v) is 13.5. The minimum Gasteiger partial charge on any atom is -0.464 e. The lowest BCUT2D eigenvalue weighted by Crippen LogP contribution is -2.21. The lowest BCUT2D eigenvalue weighted by Gasteiger charge is -2.15. The SMILES string of the molecule is CCN(CC)Cc1cc(-c2nc(-c3cccnn3)no2)c(C)o1. The van der Waals surface area contributed by atoms with Crippen LogP contribution in [0.1, 0.15) is 25.4 Å². The van der Waals surface area contributed by atoms with Gasteiger partial charge in [-0.05, 0) is 38.2 Å². The molecule has 3 aromatic heterocycles. The number of nitrogens with zero attached hydrogens (tertiary/aromatic N) is 5. The van der Waals surface area contributed by atoms with Crippen molar-refractivity contribution < 1.29 is 8.94 Å². The van der Waals surface area contributed by atoms with Gasteiger partial charge in [-0.25, -0.2) is 0 Å². The van der Waals surface area contributed by atoms with Gasteiger partial charge in [-0.2, -0.15) is 10.1 Å². The zero-order chi connectivity index (χ0) is 16.2. The molecule has 7 heteroatoms. The van der Waals surface area contributed by atoms with Crippen molar-refractivity contribution in [3.63, 3.8) is 0 Å². The first kappa shape index (κ1) is 15.4. The van der Waals surface area contributed by atoms with Gasteiger partial charge < -0.3 is 8.94 Å². The molecular formula is C16H19N5O2. The predicted octanol–water partition coefficient (Wildman–Crippen LogP) is 2.94. The Morgan fingerprint density at radius 1 is 1.22 bits per heavy atom. The molecule has 0 aliphatic rings. The average molecular weight is 313 g/mol. The van der Waals surface area contributed by atoms with Crippen LogP contribution in [-0.4, -0.2) is 38.3 Å². The smallest absolute Gasteiger partial charge is 0.261 e. The van der Waals surface area contributed by atoms with Gasteiger partial charge in [0.2, 0.25) is 5.82 Å². The van der Waals surface area contributed by atoms with E-state index in [1.54, 1.807) is 18.3 Å². The third-order valence-electron chi connectivity index (χ3n) is 3.70. The fourth-order valence-electron chi connectivity index (χ4n) is 2.36. The number of hydrogen-bond acceptors (Lipinski definition) is 7. The highest BCUT2D eigenvalue weighted by molar-refractivity contribution is 5.59. The van der Waals surface area contributed by atoms with Crippen LogP contribution in [0.5, 0.6) is 0 Å². The number of aromatic nitrogens is 4. The topological polar surface area (TPSA) is 81.1 Å². The van der Waals surface area contributed by atoms with Gasteiger partial charge in [-0.1, -0.05) is 19.0 Å². The molecule has 23 heavy (non-hydrogen) atoms. The molecule has 0 aromatic carbocycles. The van der Waals surface area contributed by atoms with Crippen molar-refractivity contribution in [2.45, 2.75) is 27.3 Å². The molecule has 3 rings (SSSR count). The first-order valence-corrected chi connectivity index (χ1v) is 7.65. The third-order valence-corrected chi connectivity index (χ3v) is 3.70. The highest BCUT2D eigenvalue weighted by Crippen LogP contribution is 2.27. The van der Waals surface area contributed by atoms with Crippen molar-refractivity contribution in [2.75, 3.05) is 13.1 Å². The van der Waals surface area contributed by atoms with E-state index in [1.165, 1.54) is 0 Å². The molecule has 0 bridgehead atoms. The minimum atomic E-state index is 0.416. The van der Waals surface area contributed by atoms with Crippen molar-refractivity contribution in [2.24, 2.45) is 0 Å². The molecule has 0 atom stereocenters. The molecule has 3 aromatic rings. The molecule has 0 aliphatic heterocycles. The monoisotopic (exact) mass is 313 g/mol. The summed E-state index contributed by atoms with van der Waals surface area (Å²) < 4.78 is 11.2. The molecule has 3 heterocycles. The van der Waals surface area contributed by atoms with Crippen LogP contribution in [0.2, 0.25) is 0 Å². The Hall–Kier alpha value is -2.54. The third kappa shape index (κ3) is 3.29. The molecule has 0 radical (unpaired) electrons. The maximum Gasteiger partial charge on any atom is 0.261 e. The number of furan rings is 1. The van der Waals surface area contributed by atoms with E-state index in [0.29, 0.717) is 17.4 Å². The second kappa shape index (κ2) is 6.70. The summed E-state index contributed by atoms with van der Waals surface area (Å²) in [7, 11) is 0. The summed E-state index contributed by atoms with van der Waals surface area (Å²) in [6.07, 6.45) is 1.60. The van der Waals surface area contributed by atoms with Crippen LogP contribution in [-0.2, 0) is 6.54 Å². The van der Waals surface area contributed by atoms with Crippen molar-refractivity contribution in [1.29, 1.82) is 0 Å². The van der Waals surface area contributed by atoms with Crippen LogP contribution in [0.4, 0.5) is 0 Å². The zero-order valence-electron chi connectivity index (χ0n) is 13.5. The van der Waals surface area contributed by atoms with Gasteiger partial charge in [0, 0.05) is 6.20 Å². The Balaban J connectivity index is 1.85. The lowest BCUT2D eigenvalue weighted by atomic mass is 10.2. The molecule has 0 amide bonds. The number of rotatable bonds is 6. The first-order valence-electron chi connectivity index (χ1n) is 7.65. The summed E-state index contributed by atoms with van der Waals surface area (Å²) in [5, 5.41) is 11.8. The normalized spacial score (nSPS) is 11.3. The van der Waals surface area contributed by atoms with Crippen LogP contribution in [0.25, 0.3) is 23.0 Å². The summed E-state index contributed by atoms with van der Waals surface area (Å²) in [5.74, 6) is 2.50. The van der Waals surface area contributed by atoms with Crippen molar-refractivity contribution in [3.8, 4) is 23.0 Å². The Morgan fingerprint density at radius 3 is 2.74 bits per heavy atom. The lowest BCUT2D eigenvalue weighted by molar-refractivity contribution is 0.267. The van der Waals surface area contributed by atoms with Gasteiger partial charge in [-0.15, -0.1) is 5.10 Å². The van der Waals surface area contributed by atoms with E-state index in [0.717, 1.165) is 36.7 Å². The quantitative estimate of drug-likeness (QED) is 0.692. The Kier molecular flexibility index (Phi) is 4.47. The molecule has 0 spiro atoms. The molecular weight excluding hydrogens is 294 g/mol. The second-order valence-electron chi connectivity index (χ2n) is 5.18. The van der Waals surface area contributed by atoms with E-state index >= 15 is 0 Å². The van der Waals surface area contributed by atoms with Gasteiger partial charge in [0.25, 0.3) is 5.89 Å². The van der Waals surface area contributed by atoms with Gasteiger partial charge in [0.1, 0.15) is 17.2 Å². The molecule has 0 N–H and O–H groups in total. The Bertz CT molecular complexity index is 762. The standard InChI is InChI=1S/C16H19N5O2/c1-4-21(5-2)10-12-9-13(11(3)22-12)16-18-15(20-23-16)14-7-6-8-17-19-14/h6-9H,4-5,10H2,1-3H3. The van der Waals surface area contributed by atoms with Gasteiger partial charge in [0.15, 0.2) is 0 Å². The maximum atomic E-state index is 5.82. The van der Waals surface area contributed by atoms with E-state index in [-0.39, 0.29) is 0 Å². The maximum absolute atomic E-state index is 5.82. The fourth-order valence-corrected chi connectivity index (χ4v) is 2.36. The molecule has 0 saturated heterocycles. The molecule has 7 nitrogen and oxygen atoms in total. The Labute approximate surface area is 134 Å². The average Bonchev–Trinajstić information content (AvgIpc) is 3.20. The van der Waals surface area contributed by atoms with E-state index in [4.69, 9.17) is 8.94 Å². The van der Waals surface area contributed by atoms with E-state index in [9.17, 15) is 0 Å². The summed E-state index contributed by atoms with van der Waals surface area (Å²) in [4.78, 5) is 6.67. The first-order chi connectivity index (χ1) is 11.2. The molecule has 120 valence electrons. The Morgan fingerprint density at radius 2 is 2.04 bits per heavy atom. The highest BCUT2D eigenvalue weighted by Gasteiger charge is 2.18. The van der Waals surface area contributed by atoms with E-state index < -0.39 is 0 Å². The summed E-state index contributed by atoms with van der Waals surface area (Å²) >= 11 is 0.